The van der Waals surface area contributed by atoms with Crippen LogP contribution in [0.2, 0.25) is 0 Å². The maximum absolute atomic E-state index is 4.99. The highest BCUT2D eigenvalue weighted by Crippen LogP contribution is 2.35. The SMILES string of the molecule is CN1CCC[C@H]1C1=Nc2ccc(-c3ccc(-c4ccc5nc([C@@H]6CCCN6)[nH]c5c4)cc3)cc2C1. The van der Waals surface area contributed by atoms with Gasteiger partial charge < -0.3 is 10.3 Å². The summed E-state index contributed by atoms with van der Waals surface area (Å²) in [5.41, 5.74) is 11.0. The van der Waals surface area contributed by atoms with Crippen molar-refractivity contribution in [2.75, 3.05) is 20.1 Å². The number of likely N-dealkylation sites (tertiary alicyclic amines) is 1. The molecule has 2 fully saturated rings. The van der Waals surface area contributed by atoms with Crippen LogP contribution in [0.4, 0.5) is 5.69 Å². The van der Waals surface area contributed by atoms with E-state index in [1.165, 1.54) is 59.3 Å². The number of rotatable bonds is 4. The molecule has 5 heteroatoms. The third kappa shape index (κ3) is 3.79. The van der Waals surface area contributed by atoms with E-state index in [0.717, 1.165) is 41.9 Å². The highest BCUT2D eigenvalue weighted by atomic mass is 15.2. The van der Waals surface area contributed by atoms with Gasteiger partial charge in [-0.1, -0.05) is 36.4 Å². The number of aromatic amines is 1. The zero-order valence-electron chi connectivity index (χ0n) is 20.2. The fraction of sp³-hybridized carbons (Fsp3) is 0.333. The fourth-order valence-corrected chi connectivity index (χ4v) is 6.08. The first-order valence-electron chi connectivity index (χ1n) is 13.0. The summed E-state index contributed by atoms with van der Waals surface area (Å²) < 4.78 is 0. The van der Waals surface area contributed by atoms with Crippen molar-refractivity contribution in [3.63, 3.8) is 0 Å². The Labute approximate surface area is 206 Å². The minimum absolute atomic E-state index is 0.359. The summed E-state index contributed by atoms with van der Waals surface area (Å²) in [7, 11) is 2.23. The molecule has 1 aromatic heterocycles. The summed E-state index contributed by atoms with van der Waals surface area (Å²) in [4.78, 5) is 15.8. The molecule has 2 N–H and O–H groups in total. The van der Waals surface area contributed by atoms with Crippen molar-refractivity contribution in [3.8, 4) is 22.3 Å². The van der Waals surface area contributed by atoms with Crippen LogP contribution >= 0.6 is 0 Å². The molecule has 4 aromatic rings. The molecule has 0 radical (unpaired) electrons. The molecule has 3 aliphatic rings. The number of benzene rings is 3. The van der Waals surface area contributed by atoms with Crippen molar-refractivity contribution < 1.29 is 0 Å². The number of hydrogen-bond donors (Lipinski definition) is 2. The van der Waals surface area contributed by atoms with Gasteiger partial charge in [-0.3, -0.25) is 9.89 Å². The smallest absolute Gasteiger partial charge is 0.124 e. The second-order valence-corrected chi connectivity index (χ2v) is 10.3. The molecular formula is C30H31N5. The van der Waals surface area contributed by atoms with E-state index in [1.807, 2.05) is 0 Å². The van der Waals surface area contributed by atoms with Crippen LogP contribution in [0.1, 0.15) is 43.1 Å². The average Bonchev–Trinajstić information content (AvgIpc) is 3.69. The highest BCUT2D eigenvalue weighted by molar-refractivity contribution is 5.98. The Kier molecular flexibility index (Phi) is 5.07. The van der Waals surface area contributed by atoms with Gasteiger partial charge in [-0.15, -0.1) is 0 Å². The van der Waals surface area contributed by atoms with E-state index in [1.54, 1.807) is 0 Å². The van der Waals surface area contributed by atoms with Crippen LogP contribution in [0.15, 0.2) is 65.7 Å². The van der Waals surface area contributed by atoms with Crippen molar-refractivity contribution in [3.05, 3.63) is 72.1 Å². The number of aromatic nitrogens is 2. The van der Waals surface area contributed by atoms with Gasteiger partial charge >= 0.3 is 0 Å². The Balaban J connectivity index is 1.11. The van der Waals surface area contributed by atoms with Crippen LogP contribution in [-0.4, -0.2) is 46.8 Å². The number of nitrogens with one attached hydrogen (secondary N) is 2. The molecular weight excluding hydrogens is 430 g/mol. The lowest BCUT2D eigenvalue weighted by Crippen LogP contribution is -2.32. The summed E-state index contributed by atoms with van der Waals surface area (Å²) in [5, 5.41) is 3.53. The van der Waals surface area contributed by atoms with Gasteiger partial charge in [0.15, 0.2) is 0 Å². The molecule has 3 aliphatic heterocycles. The summed E-state index contributed by atoms with van der Waals surface area (Å²) in [5.74, 6) is 1.06. The second-order valence-electron chi connectivity index (χ2n) is 10.3. The zero-order chi connectivity index (χ0) is 23.4. The maximum atomic E-state index is 4.99. The van der Waals surface area contributed by atoms with Crippen LogP contribution in [0, 0.1) is 0 Å². The summed E-state index contributed by atoms with van der Waals surface area (Å²) in [6, 6.07) is 23.1. The second kappa shape index (κ2) is 8.43. The average molecular weight is 462 g/mol. The first kappa shape index (κ1) is 21.0. The van der Waals surface area contributed by atoms with Gasteiger partial charge in [-0.25, -0.2) is 4.98 Å². The largest absolute Gasteiger partial charge is 0.341 e. The summed E-state index contributed by atoms with van der Waals surface area (Å²) in [6.07, 6.45) is 5.87. The van der Waals surface area contributed by atoms with E-state index < -0.39 is 0 Å². The quantitative estimate of drug-likeness (QED) is 0.389. The van der Waals surface area contributed by atoms with Crippen molar-refractivity contribution in [1.82, 2.24) is 20.2 Å². The molecule has 0 saturated carbocycles. The molecule has 5 nitrogen and oxygen atoms in total. The monoisotopic (exact) mass is 461 g/mol. The van der Waals surface area contributed by atoms with Crippen molar-refractivity contribution in [1.29, 1.82) is 0 Å². The Bertz CT molecular complexity index is 1430. The standard InChI is InChI=1S/C30H31N5/c1-35-15-3-5-29(35)28-18-23-16-21(10-12-24(23)32-28)19-6-8-20(9-7-19)22-11-13-25-27(17-22)34-30(33-25)26-4-2-14-31-26/h6-13,16-17,26,29,31H,2-5,14-15,18H2,1H3,(H,33,34)/t26-,29-/m0/s1. The normalized spacial score (nSPS) is 22.1. The molecule has 0 spiro atoms. The van der Waals surface area contributed by atoms with Gasteiger partial charge in [0.1, 0.15) is 5.82 Å². The fourth-order valence-electron chi connectivity index (χ4n) is 6.08. The lowest BCUT2D eigenvalue weighted by molar-refractivity contribution is 0.371. The third-order valence-corrected chi connectivity index (χ3v) is 8.06. The van der Waals surface area contributed by atoms with Crippen LogP contribution in [0.25, 0.3) is 33.3 Å². The zero-order valence-corrected chi connectivity index (χ0v) is 20.2. The van der Waals surface area contributed by atoms with Crippen molar-refractivity contribution in [2.45, 2.75) is 44.2 Å². The Morgan fingerprint density at radius 1 is 0.857 bits per heavy atom. The topological polar surface area (TPSA) is 56.3 Å². The molecule has 0 amide bonds. The number of nitrogens with zero attached hydrogens (tertiary/aromatic N) is 3. The lowest BCUT2D eigenvalue weighted by atomic mass is 9.97. The molecule has 2 atom stereocenters. The molecule has 2 saturated heterocycles. The third-order valence-electron chi connectivity index (χ3n) is 8.06. The molecule has 35 heavy (non-hydrogen) atoms. The Hall–Kier alpha value is -3.28. The number of imidazole rings is 1. The van der Waals surface area contributed by atoms with E-state index in [4.69, 9.17) is 9.98 Å². The number of hydrogen-bond acceptors (Lipinski definition) is 4. The predicted octanol–water partition coefficient (Wildman–Crippen LogP) is 6.04. The van der Waals surface area contributed by atoms with Gasteiger partial charge in [-0.2, -0.15) is 0 Å². The van der Waals surface area contributed by atoms with E-state index in [9.17, 15) is 0 Å². The number of fused-ring (bicyclic) bond motifs is 2. The predicted molar refractivity (Wildman–Crippen MR) is 143 cm³/mol. The Morgan fingerprint density at radius 3 is 2.37 bits per heavy atom. The highest BCUT2D eigenvalue weighted by Gasteiger charge is 2.29. The van der Waals surface area contributed by atoms with Gasteiger partial charge in [0.05, 0.1) is 22.8 Å². The number of aliphatic imine (C=N–C) groups is 1. The van der Waals surface area contributed by atoms with Gasteiger partial charge in [-0.05, 0) is 97.9 Å². The molecule has 3 aromatic carbocycles. The van der Waals surface area contributed by atoms with Gasteiger partial charge in [0.2, 0.25) is 0 Å². The summed E-state index contributed by atoms with van der Waals surface area (Å²) in [6.45, 7) is 2.26. The molecule has 0 bridgehead atoms. The van der Waals surface area contributed by atoms with E-state index in [-0.39, 0.29) is 0 Å². The summed E-state index contributed by atoms with van der Waals surface area (Å²) >= 11 is 0. The molecule has 4 heterocycles. The van der Waals surface area contributed by atoms with Gasteiger partial charge in [0, 0.05) is 18.2 Å². The van der Waals surface area contributed by atoms with E-state index in [2.05, 4.69) is 82.9 Å². The van der Waals surface area contributed by atoms with Crippen LogP contribution in [0.5, 0.6) is 0 Å². The van der Waals surface area contributed by atoms with Crippen molar-refractivity contribution >= 4 is 22.4 Å². The van der Waals surface area contributed by atoms with Crippen molar-refractivity contribution in [2.24, 2.45) is 4.99 Å². The van der Waals surface area contributed by atoms with E-state index >= 15 is 0 Å². The minimum Gasteiger partial charge on any atom is -0.341 e. The molecule has 176 valence electrons. The van der Waals surface area contributed by atoms with Crippen LogP contribution in [0.3, 0.4) is 0 Å². The van der Waals surface area contributed by atoms with Gasteiger partial charge in [0.25, 0.3) is 0 Å². The Morgan fingerprint density at radius 2 is 1.63 bits per heavy atom. The molecule has 0 aliphatic carbocycles. The molecule has 7 rings (SSSR count). The first-order valence-corrected chi connectivity index (χ1v) is 13.0. The van der Waals surface area contributed by atoms with Crippen LogP contribution in [-0.2, 0) is 6.42 Å². The lowest BCUT2D eigenvalue weighted by Gasteiger charge is -2.19. The first-order chi connectivity index (χ1) is 17.2. The van der Waals surface area contributed by atoms with E-state index in [0.29, 0.717) is 12.1 Å². The van der Waals surface area contributed by atoms with Crippen LogP contribution < -0.4 is 5.32 Å². The minimum atomic E-state index is 0.359. The maximum Gasteiger partial charge on any atom is 0.124 e. The molecule has 0 unspecified atom stereocenters. The number of H-pyrrole nitrogens is 1.